The number of benzene rings is 2. The molecule has 178 valence electrons. The van der Waals surface area contributed by atoms with E-state index in [-0.39, 0.29) is 18.4 Å². The fourth-order valence-corrected chi connectivity index (χ4v) is 3.36. The van der Waals surface area contributed by atoms with Crippen molar-refractivity contribution >= 4 is 17.8 Å². The van der Waals surface area contributed by atoms with Crippen LogP contribution in [0.1, 0.15) is 55.4 Å². The lowest BCUT2D eigenvalue weighted by atomic mass is 10.1. The predicted octanol–water partition coefficient (Wildman–Crippen LogP) is 5.72. The summed E-state index contributed by atoms with van der Waals surface area (Å²) in [6.45, 7) is 7.35. The number of aromatic nitrogens is 1. The SMILES string of the molecule is COc1ccc(C(=O)c2cccn2C(C)/C=C/c2ccc(OCC(=O)OC(C)(C)C)cc2)cc1. The summed E-state index contributed by atoms with van der Waals surface area (Å²) in [7, 11) is 1.60. The Kier molecular flexibility index (Phi) is 7.95. The summed E-state index contributed by atoms with van der Waals surface area (Å²) in [5, 5.41) is 0. The Morgan fingerprint density at radius 2 is 1.62 bits per heavy atom. The summed E-state index contributed by atoms with van der Waals surface area (Å²) in [6, 6.07) is 18.2. The van der Waals surface area contributed by atoms with Crippen LogP contribution in [0.4, 0.5) is 0 Å². The number of carbonyl (C=O) groups excluding carboxylic acids is 2. The van der Waals surface area contributed by atoms with Crippen molar-refractivity contribution in [1.82, 2.24) is 4.57 Å². The third-order valence-corrected chi connectivity index (χ3v) is 5.03. The highest BCUT2D eigenvalue weighted by atomic mass is 16.6. The Labute approximate surface area is 200 Å². The van der Waals surface area contributed by atoms with Gasteiger partial charge in [0.15, 0.2) is 6.61 Å². The van der Waals surface area contributed by atoms with Crippen LogP contribution in [0.2, 0.25) is 0 Å². The number of allylic oxidation sites excluding steroid dienone is 1. The van der Waals surface area contributed by atoms with Gasteiger partial charge in [-0.15, -0.1) is 0 Å². The molecule has 1 atom stereocenters. The standard InChI is InChI=1S/C28H31NO5/c1-20(29-18-6-7-25(29)27(31)22-12-16-23(32-5)17-13-22)8-9-21-10-14-24(15-11-21)33-19-26(30)34-28(2,3)4/h6-18,20H,19H2,1-5H3/b9-8+. The maximum atomic E-state index is 13.0. The summed E-state index contributed by atoms with van der Waals surface area (Å²) in [6.07, 6.45) is 5.92. The predicted molar refractivity (Wildman–Crippen MR) is 132 cm³/mol. The Balaban J connectivity index is 1.62. The minimum Gasteiger partial charge on any atom is -0.497 e. The lowest BCUT2D eigenvalue weighted by Gasteiger charge is -2.19. The summed E-state index contributed by atoms with van der Waals surface area (Å²) in [4.78, 5) is 24.8. The van der Waals surface area contributed by atoms with Gasteiger partial charge >= 0.3 is 5.97 Å². The van der Waals surface area contributed by atoms with Crippen molar-refractivity contribution in [3.63, 3.8) is 0 Å². The van der Waals surface area contributed by atoms with E-state index in [2.05, 4.69) is 0 Å². The number of hydrogen-bond donors (Lipinski definition) is 0. The zero-order valence-electron chi connectivity index (χ0n) is 20.3. The van der Waals surface area contributed by atoms with Gasteiger partial charge in [0.2, 0.25) is 5.78 Å². The number of rotatable bonds is 9. The van der Waals surface area contributed by atoms with Crippen molar-refractivity contribution in [2.75, 3.05) is 13.7 Å². The van der Waals surface area contributed by atoms with Gasteiger partial charge in [0.1, 0.15) is 17.1 Å². The van der Waals surface area contributed by atoms with Gasteiger partial charge in [-0.05, 0) is 81.8 Å². The van der Waals surface area contributed by atoms with E-state index in [9.17, 15) is 9.59 Å². The van der Waals surface area contributed by atoms with E-state index >= 15 is 0 Å². The van der Waals surface area contributed by atoms with Gasteiger partial charge in [-0.25, -0.2) is 4.79 Å². The van der Waals surface area contributed by atoms with Crippen molar-refractivity contribution in [1.29, 1.82) is 0 Å². The van der Waals surface area contributed by atoms with E-state index in [0.29, 0.717) is 22.8 Å². The quantitative estimate of drug-likeness (QED) is 0.301. The van der Waals surface area contributed by atoms with Crippen LogP contribution in [0.3, 0.4) is 0 Å². The highest BCUT2D eigenvalue weighted by Gasteiger charge is 2.17. The first kappa shape index (κ1) is 24.8. The van der Waals surface area contributed by atoms with Crippen LogP contribution in [0.15, 0.2) is 72.9 Å². The van der Waals surface area contributed by atoms with Crippen molar-refractivity contribution in [3.05, 3.63) is 89.8 Å². The molecule has 3 aromatic rings. The maximum Gasteiger partial charge on any atom is 0.344 e. The molecule has 0 N–H and O–H groups in total. The molecular formula is C28H31NO5. The van der Waals surface area contributed by atoms with Gasteiger partial charge in [0, 0.05) is 17.8 Å². The van der Waals surface area contributed by atoms with Crippen molar-refractivity contribution < 1.29 is 23.8 Å². The molecule has 3 rings (SSSR count). The molecule has 6 nitrogen and oxygen atoms in total. The lowest BCUT2D eigenvalue weighted by molar-refractivity contribution is -0.157. The molecule has 0 saturated heterocycles. The van der Waals surface area contributed by atoms with Crippen LogP contribution in [-0.2, 0) is 9.53 Å². The first-order chi connectivity index (χ1) is 16.2. The van der Waals surface area contributed by atoms with Gasteiger partial charge in [0.05, 0.1) is 12.8 Å². The number of nitrogens with zero attached hydrogens (tertiary/aromatic N) is 1. The zero-order chi connectivity index (χ0) is 24.7. The molecule has 6 heteroatoms. The third-order valence-electron chi connectivity index (χ3n) is 5.03. The fourth-order valence-electron chi connectivity index (χ4n) is 3.36. The average Bonchev–Trinajstić information content (AvgIpc) is 3.30. The second-order valence-corrected chi connectivity index (χ2v) is 8.90. The van der Waals surface area contributed by atoms with Crippen LogP contribution in [0, 0.1) is 0 Å². The monoisotopic (exact) mass is 461 g/mol. The maximum absolute atomic E-state index is 13.0. The molecule has 1 aromatic heterocycles. The third kappa shape index (κ3) is 6.85. The first-order valence-electron chi connectivity index (χ1n) is 11.1. The van der Waals surface area contributed by atoms with E-state index in [0.717, 1.165) is 5.56 Å². The van der Waals surface area contributed by atoms with E-state index in [1.54, 1.807) is 31.4 Å². The number of hydrogen-bond acceptors (Lipinski definition) is 5. The molecule has 1 heterocycles. The molecule has 34 heavy (non-hydrogen) atoms. The number of ether oxygens (including phenoxy) is 3. The molecule has 0 aliphatic heterocycles. The molecule has 2 aromatic carbocycles. The highest BCUT2D eigenvalue weighted by Crippen LogP contribution is 2.20. The average molecular weight is 462 g/mol. The van der Waals surface area contributed by atoms with E-state index in [1.807, 2.05) is 87.0 Å². The minimum atomic E-state index is -0.537. The number of ketones is 1. The van der Waals surface area contributed by atoms with E-state index in [1.165, 1.54) is 0 Å². The second-order valence-electron chi connectivity index (χ2n) is 8.90. The van der Waals surface area contributed by atoms with Crippen molar-refractivity contribution in [2.45, 2.75) is 39.3 Å². The number of carbonyl (C=O) groups is 2. The van der Waals surface area contributed by atoms with Crippen molar-refractivity contribution in [3.8, 4) is 11.5 Å². The number of esters is 1. The van der Waals surface area contributed by atoms with Crippen molar-refractivity contribution in [2.24, 2.45) is 0 Å². The molecule has 0 aliphatic carbocycles. The Morgan fingerprint density at radius 3 is 2.24 bits per heavy atom. The topological polar surface area (TPSA) is 66.8 Å². The van der Waals surface area contributed by atoms with Gasteiger partial charge in [-0.3, -0.25) is 4.79 Å². The summed E-state index contributed by atoms with van der Waals surface area (Å²) in [5.74, 6) is 0.856. The minimum absolute atomic E-state index is 0.0321. The van der Waals surface area contributed by atoms with Gasteiger partial charge in [0.25, 0.3) is 0 Å². The largest absolute Gasteiger partial charge is 0.497 e. The Morgan fingerprint density at radius 1 is 0.971 bits per heavy atom. The lowest BCUT2D eigenvalue weighted by Crippen LogP contribution is -2.27. The van der Waals surface area contributed by atoms with Crippen LogP contribution in [0.25, 0.3) is 6.08 Å². The van der Waals surface area contributed by atoms with Crippen LogP contribution >= 0.6 is 0 Å². The smallest absolute Gasteiger partial charge is 0.344 e. The molecule has 0 aliphatic rings. The molecule has 0 amide bonds. The highest BCUT2D eigenvalue weighted by molar-refractivity contribution is 6.08. The normalized spacial score (nSPS) is 12.4. The molecule has 0 radical (unpaired) electrons. The Bertz CT molecular complexity index is 1130. The zero-order valence-corrected chi connectivity index (χ0v) is 20.3. The molecule has 0 spiro atoms. The molecular weight excluding hydrogens is 430 g/mol. The van der Waals surface area contributed by atoms with Crippen LogP contribution < -0.4 is 9.47 Å². The fraction of sp³-hybridized carbons (Fsp3) is 0.286. The van der Waals surface area contributed by atoms with Gasteiger partial charge < -0.3 is 18.8 Å². The van der Waals surface area contributed by atoms with E-state index < -0.39 is 11.6 Å². The summed E-state index contributed by atoms with van der Waals surface area (Å²) < 4.78 is 17.9. The molecule has 1 unspecified atom stereocenters. The molecule has 0 saturated carbocycles. The second kappa shape index (κ2) is 10.9. The summed E-state index contributed by atoms with van der Waals surface area (Å²) in [5.41, 5.74) is 1.67. The van der Waals surface area contributed by atoms with Crippen LogP contribution in [-0.4, -0.2) is 35.6 Å². The summed E-state index contributed by atoms with van der Waals surface area (Å²) >= 11 is 0. The van der Waals surface area contributed by atoms with E-state index in [4.69, 9.17) is 14.2 Å². The van der Waals surface area contributed by atoms with Gasteiger partial charge in [-0.2, -0.15) is 0 Å². The number of methoxy groups -OCH3 is 1. The molecule has 0 fully saturated rings. The molecule has 0 bridgehead atoms. The Hall–Kier alpha value is -3.80. The first-order valence-corrected chi connectivity index (χ1v) is 11.1. The van der Waals surface area contributed by atoms with Gasteiger partial charge in [-0.1, -0.05) is 24.3 Å². The van der Waals surface area contributed by atoms with Crippen LogP contribution in [0.5, 0.6) is 11.5 Å².